The molecule has 1 heterocycles. The smallest absolute Gasteiger partial charge is 0.471 e. The molecular weight excluding hydrogens is 294 g/mol. The molecule has 0 bridgehead atoms. The van der Waals surface area contributed by atoms with E-state index >= 15 is 0 Å². The lowest BCUT2D eigenvalue weighted by molar-refractivity contribution is -0.161. The van der Waals surface area contributed by atoms with E-state index in [1.807, 2.05) is 0 Å². The number of carbonyl (C=O) groups excluding carboxylic acids is 3. The maximum Gasteiger partial charge on any atom is 0.793 e. The fourth-order valence-electron chi connectivity index (χ4n) is 1.41. The van der Waals surface area contributed by atoms with Crippen molar-refractivity contribution in [2.75, 3.05) is 19.9 Å². The van der Waals surface area contributed by atoms with Crippen LogP contribution < -0.4 is 0 Å². The molecule has 1 aliphatic heterocycles. The van der Waals surface area contributed by atoms with Crippen LogP contribution in [0.3, 0.4) is 0 Å². The third-order valence-electron chi connectivity index (χ3n) is 2.36. The van der Waals surface area contributed by atoms with Gasteiger partial charge in [-0.05, 0) is 6.92 Å². The molecule has 0 saturated carbocycles. The van der Waals surface area contributed by atoms with Gasteiger partial charge in [-0.3, -0.25) is 9.36 Å². The van der Waals surface area contributed by atoms with Gasteiger partial charge in [-0.25, -0.2) is 9.59 Å². The molecule has 112 valence electrons. The van der Waals surface area contributed by atoms with Gasteiger partial charge in [0.05, 0.1) is 13.7 Å². The van der Waals surface area contributed by atoms with Gasteiger partial charge in [0.1, 0.15) is 0 Å². The van der Waals surface area contributed by atoms with Gasteiger partial charge in [-0.15, -0.1) is 0 Å². The fraction of sp³-hybridized carbons (Fsp3) is 0.667. The average molecular weight is 308 g/mol. The summed E-state index contributed by atoms with van der Waals surface area (Å²) in [6.45, 7) is 3.28. The predicted octanol–water partition coefficient (Wildman–Crippen LogP) is -0.0785. The molecule has 0 N–H and O–H groups in total. The molecule has 0 spiro atoms. The molecule has 2 unspecified atom stereocenters. The summed E-state index contributed by atoms with van der Waals surface area (Å²) in [7, 11) is -4.19. The number of ether oxygens (including phenoxy) is 1. The molecule has 0 radical (unpaired) electrons. The Labute approximate surface area is 115 Å². The monoisotopic (exact) mass is 308 g/mol. The SMILES string of the molecule is CCOP(=O)(CC)C1OB(OC(=O)C(=O)OC)OC1=O. The summed E-state index contributed by atoms with van der Waals surface area (Å²) in [5, 5.41) is 0. The summed E-state index contributed by atoms with van der Waals surface area (Å²) >= 11 is 0. The van der Waals surface area contributed by atoms with Crippen molar-refractivity contribution >= 4 is 32.6 Å². The molecule has 1 saturated heterocycles. The molecule has 0 aromatic rings. The van der Waals surface area contributed by atoms with E-state index in [0.717, 1.165) is 7.11 Å². The van der Waals surface area contributed by atoms with Gasteiger partial charge in [0, 0.05) is 6.16 Å². The molecule has 2 atom stereocenters. The summed E-state index contributed by atoms with van der Waals surface area (Å²) in [6, 6.07) is 0. The Bertz CT molecular complexity index is 451. The maximum absolute atomic E-state index is 12.3. The lowest BCUT2D eigenvalue weighted by Crippen LogP contribution is -2.30. The van der Waals surface area contributed by atoms with E-state index in [9.17, 15) is 18.9 Å². The van der Waals surface area contributed by atoms with E-state index in [-0.39, 0.29) is 12.8 Å². The zero-order valence-electron chi connectivity index (χ0n) is 11.2. The van der Waals surface area contributed by atoms with Crippen molar-refractivity contribution < 1.29 is 42.2 Å². The van der Waals surface area contributed by atoms with Gasteiger partial charge in [-0.2, -0.15) is 0 Å². The predicted molar refractivity (Wildman–Crippen MR) is 64.6 cm³/mol. The minimum atomic E-state index is -3.42. The highest BCUT2D eigenvalue weighted by Gasteiger charge is 2.54. The van der Waals surface area contributed by atoms with E-state index in [4.69, 9.17) is 9.18 Å². The van der Waals surface area contributed by atoms with Crippen LogP contribution in [0.1, 0.15) is 13.8 Å². The summed E-state index contributed by atoms with van der Waals surface area (Å²) in [5.41, 5.74) is 0. The van der Waals surface area contributed by atoms with E-state index < -0.39 is 38.4 Å². The zero-order valence-corrected chi connectivity index (χ0v) is 12.1. The minimum Gasteiger partial charge on any atom is -0.471 e. The van der Waals surface area contributed by atoms with Crippen LogP contribution in [0.5, 0.6) is 0 Å². The molecule has 0 aliphatic carbocycles. The molecule has 1 fully saturated rings. The van der Waals surface area contributed by atoms with Crippen LogP contribution in [0.4, 0.5) is 0 Å². The number of esters is 1. The Morgan fingerprint density at radius 1 is 1.35 bits per heavy atom. The molecule has 0 amide bonds. The minimum absolute atomic E-state index is 0.0400. The highest BCUT2D eigenvalue weighted by atomic mass is 31.2. The number of hydrogen-bond acceptors (Lipinski definition) is 9. The second-order valence-corrected chi connectivity index (χ2v) is 6.38. The third kappa shape index (κ3) is 3.59. The Kier molecular flexibility index (Phi) is 5.73. The number of methoxy groups -OCH3 is 1. The fourth-order valence-corrected chi connectivity index (χ4v) is 3.16. The quantitative estimate of drug-likeness (QED) is 0.297. The molecule has 11 heteroatoms. The highest BCUT2D eigenvalue weighted by molar-refractivity contribution is 7.60. The summed E-state index contributed by atoms with van der Waals surface area (Å²) in [6.07, 6.45) is 0.0400. The van der Waals surface area contributed by atoms with Gasteiger partial charge < -0.3 is 23.2 Å². The Hall–Kier alpha value is -1.38. The van der Waals surface area contributed by atoms with Crippen molar-refractivity contribution in [2.45, 2.75) is 19.7 Å². The zero-order chi connectivity index (χ0) is 15.3. The van der Waals surface area contributed by atoms with Crippen LogP contribution in [0.2, 0.25) is 0 Å². The molecule has 1 aliphatic rings. The first kappa shape index (κ1) is 16.7. The Morgan fingerprint density at radius 2 is 2.00 bits per heavy atom. The maximum atomic E-state index is 12.3. The van der Waals surface area contributed by atoms with E-state index in [0.29, 0.717) is 0 Å². The molecular formula is C9H14BO9P. The Balaban J connectivity index is 2.72. The average Bonchev–Trinajstić information content (AvgIpc) is 2.79. The van der Waals surface area contributed by atoms with Gasteiger partial charge in [0.2, 0.25) is 13.2 Å². The first-order chi connectivity index (χ1) is 9.37. The number of hydrogen-bond donors (Lipinski definition) is 0. The highest BCUT2D eigenvalue weighted by Crippen LogP contribution is 2.54. The molecule has 0 aromatic carbocycles. The number of carbonyl (C=O) groups is 3. The summed E-state index contributed by atoms with van der Waals surface area (Å²) in [4.78, 5) is 33.5. The van der Waals surface area contributed by atoms with Crippen LogP contribution in [0, 0.1) is 0 Å². The Morgan fingerprint density at radius 3 is 2.50 bits per heavy atom. The van der Waals surface area contributed by atoms with Crippen LogP contribution >= 0.6 is 7.37 Å². The van der Waals surface area contributed by atoms with Crippen LogP contribution in [0.25, 0.3) is 0 Å². The normalized spacial score (nSPS) is 21.1. The van der Waals surface area contributed by atoms with Crippen LogP contribution in [0.15, 0.2) is 0 Å². The van der Waals surface area contributed by atoms with E-state index in [1.165, 1.54) is 0 Å². The molecule has 0 aromatic heterocycles. The summed E-state index contributed by atoms with van der Waals surface area (Å²) in [5.74, 6) is -5.14. The molecule has 20 heavy (non-hydrogen) atoms. The van der Waals surface area contributed by atoms with Gasteiger partial charge in [-0.1, -0.05) is 6.92 Å². The van der Waals surface area contributed by atoms with Crippen molar-refractivity contribution in [1.82, 2.24) is 0 Å². The standard InChI is InChI=1S/C9H14BO9P/c1-4-16-20(14,5-2)9-8(13)18-10(19-9)17-7(12)6(11)15-3/h9H,4-5H2,1-3H3. The topological polar surface area (TPSA) is 114 Å². The lowest BCUT2D eigenvalue weighted by Gasteiger charge is -2.19. The van der Waals surface area contributed by atoms with Crippen molar-refractivity contribution in [3.63, 3.8) is 0 Å². The second-order valence-electron chi connectivity index (χ2n) is 3.57. The first-order valence-electron chi connectivity index (χ1n) is 5.76. The van der Waals surface area contributed by atoms with Crippen LogP contribution in [-0.4, -0.2) is 51.0 Å². The van der Waals surface area contributed by atoms with Gasteiger partial charge >= 0.3 is 25.2 Å². The van der Waals surface area contributed by atoms with Crippen molar-refractivity contribution in [3.8, 4) is 0 Å². The van der Waals surface area contributed by atoms with Gasteiger partial charge in [0.15, 0.2) is 0 Å². The molecule has 1 rings (SSSR count). The summed E-state index contributed by atoms with van der Waals surface area (Å²) < 4.78 is 35.4. The van der Waals surface area contributed by atoms with E-state index in [1.54, 1.807) is 13.8 Å². The molecule has 9 nitrogen and oxygen atoms in total. The number of rotatable bonds is 5. The van der Waals surface area contributed by atoms with Crippen molar-refractivity contribution in [3.05, 3.63) is 0 Å². The third-order valence-corrected chi connectivity index (χ3v) is 4.98. The van der Waals surface area contributed by atoms with E-state index in [2.05, 4.69) is 14.0 Å². The first-order valence-corrected chi connectivity index (χ1v) is 7.64. The van der Waals surface area contributed by atoms with Crippen molar-refractivity contribution in [1.29, 1.82) is 0 Å². The second kappa shape index (κ2) is 6.87. The van der Waals surface area contributed by atoms with Gasteiger partial charge in [0.25, 0.3) is 0 Å². The van der Waals surface area contributed by atoms with Crippen molar-refractivity contribution in [2.24, 2.45) is 0 Å². The largest absolute Gasteiger partial charge is 0.793 e. The lowest BCUT2D eigenvalue weighted by atomic mass is 10.2. The van der Waals surface area contributed by atoms with Crippen LogP contribution in [-0.2, 0) is 42.2 Å².